The van der Waals surface area contributed by atoms with Crippen molar-refractivity contribution in [2.24, 2.45) is 0 Å². The van der Waals surface area contributed by atoms with Crippen LogP contribution < -0.4 is 5.32 Å². The number of nitrogens with one attached hydrogen (secondary N) is 1. The number of nitrogens with zero attached hydrogens (tertiary/aromatic N) is 2. The Morgan fingerprint density at radius 3 is 2.80 bits per heavy atom. The fourth-order valence-corrected chi connectivity index (χ4v) is 2.62. The van der Waals surface area contributed by atoms with Gasteiger partial charge in [-0.2, -0.15) is 5.10 Å². The monoisotopic (exact) mass is 269 g/mol. The molecule has 0 amide bonds. The normalized spacial score (nSPS) is 12.8. The average molecular weight is 269 g/mol. The number of fused-ring (bicyclic) bond motifs is 1. The number of rotatable bonds is 3. The second-order valence-electron chi connectivity index (χ2n) is 4.85. The molecular formula is C16H16FN3. The molecule has 0 aliphatic rings. The second-order valence-corrected chi connectivity index (χ2v) is 4.85. The van der Waals surface area contributed by atoms with Gasteiger partial charge in [-0.25, -0.2) is 8.91 Å². The van der Waals surface area contributed by atoms with E-state index in [4.69, 9.17) is 0 Å². The van der Waals surface area contributed by atoms with E-state index in [9.17, 15) is 4.39 Å². The first-order valence-corrected chi connectivity index (χ1v) is 6.56. The summed E-state index contributed by atoms with van der Waals surface area (Å²) in [7, 11) is 1.90. The first-order chi connectivity index (χ1) is 9.70. The molecule has 0 radical (unpaired) electrons. The van der Waals surface area contributed by atoms with E-state index in [0.717, 1.165) is 22.2 Å². The van der Waals surface area contributed by atoms with Crippen LogP contribution in [0.15, 0.2) is 48.8 Å². The molecule has 0 fully saturated rings. The van der Waals surface area contributed by atoms with Crippen LogP contribution in [0.25, 0.3) is 5.52 Å². The van der Waals surface area contributed by atoms with Crippen molar-refractivity contribution in [2.75, 3.05) is 7.05 Å². The molecule has 2 aromatic heterocycles. The molecule has 3 rings (SSSR count). The van der Waals surface area contributed by atoms with E-state index < -0.39 is 0 Å². The number of pyridine rings is 1. The Morgan fingerprint density at radius 2 is 2.05 bits per heavy atom. The van der Waals surface area contributed by atoms with Crippen LogP contribution in [0, 0.1) is 12.7 Å². The van der Waals surface area contributed by atoms with Crippen molar-refractivity contribution in [1.29, 1.82) is 0 Å². The second kappa shape index (κ2) is 5.06. The number of aryl methyl sites for hydroxylation is 1. The topological polar surface area (TPSA) is 29.3 Å². The summed E-state index contributed by atoms with van der Waals surface area (Å²) in [5.41, 5.74) is 4.13. The maximum absolute atomic E-state index is 13.3. The molecule has 0 saturated carbocycles. The van der Waals surface area contributed by atoms with Crippen LogP contribution in [0.1, 0.15) is 22.7 Å². The summed E-state index contributed by atoms with van der Waals surface area (Å²) >= 11 is 0. The molecule has 0 saturated heterocycles. The number of aromatic nitrogens is 2. The molecule has 0 aliphatic carbocycles. The van der Waals surface area contributed by atoms with Crippen LogP contribution in [-0.2, 0) is 0 Å². The van der Waals surface area contributed by atoms with Crippen molar-refractivity contribution in [3.63, 3.8) is 0 Å². The Kier molecular flexibility index (Phi) is 3.24. The van der Waals surface area contributed by atoms with E-state index in [0.29, 0.717) is 0 Å². The lowest BCUT2D eigenvalue weighted by atomic mass is 9.96. The number of hydrogen-bond donors (Lipinski definition) is 1. The smallest absolute Gasteiger partial charge is 0.123 e. The van der Waals surface area contributed by atoms with Crippen LogP contribution in [0.2, 0.25) is 0 Å². The molecule has 1 aromatic carbocycles. The minimum Gasteiger partial charge on any atom is -0.309 e. The van der Waals surface area contributed by atoms with E-state index >= 15 is 0 Å². The maximum atomic E-state index is 13.3. The third-order valence-corrected chi connectivity index (χ3v) is 3.60. The average Bonchev–Trinajstić information content (AvgIpc) is 2.86. The Hall–Kier alpha value is -2.20. The van der Waals surface area contributed by atoms with Crippen LogP contribution in [0.4, 0.5) is 4.39 Å². The molecule has 3 nitrogen and oxygen atoms in total. The minimum atomic E-state index is -0.207. The predicted octanol–water partition coefficient (Wildman–Crippen LogP) is 3.09. The number of halogens is 1. The molecule has 20 heavy (non-hydrogen) atoms. The largest absolute Gasteiger partial charge is 0.309 e. The summed E-state index contributed by atoms with van der Waals surface area (Å²) in [5, 5.41) is 7.66. The van der Waals surface area contributed by atoms with Gasteiger partial charge in [0.15, 0.2) is 0 Å². The number of hydrogen-bond acceptors (Lipinski definition) is 2. The zero-order chi connectivity index (χ0) is 14.1. The van der Waals surface area contributed by atoms with Crippen LogP contribution in [0.3, 0.4) is 0 Å². The number of benzene rings is 1. The minimum absolute atomic E-state index is 0.00417. The quantitative estimate of drug-likeness (QED) is 0.791. The highest BCUT2D eigenvalue weighted by Gasteiger charge is 2.18. The van der Waals surface area contributed by atoms with E-state index in [2.05, 4.69) is 10.4 Å². The Bertz CT molecular complexity index is 748. The van der Waals surface area contributed by atoms with Crippen molar-refractivity contribution < 1.29 is 4.39 Å². The molecule has 0 spiro atoms. The van der Waals surface area contributed by atoms with E-state index in [1.165, 1.54) is 6.07 Å². The highest BCUT2D eigenvalue weighted by molar-refractivity contribution is 5.57. The summed E-state index contributed by atoms with van der Waals surface area (Å²) in [5.74, 6) is -0.207. The lowest BCUT2D eigenvalue weighted by Gasteiger charge is -2.18. The van der Waals surface area contributed by atoms with E-state index in [1.807, 2.05) is 55.1 Å². The molecule has 1 unspecified atom stereocenters. The van der Waals surface area contributed by atoms with Crippen molar-refractivity contribution >= 4 is 5.52 Å². The van der Waals surface area contributed by atoms with Gasteiger partial charge in [0, 0.05) is 11.8 Å². The fourth-order valence-electron chi connectivity index (χ4n) is 2.62. The van der Waals surface area contributed by atoms with E-state index in [-0.39, 0.29) is 11.9 Å². The highest BCUT2D eigenvalue weighted by atomic mass is 19.1. The Balaban J connectivity index is 2.14. The van der Waals surface area contributed by atoms with Crippen molar-refractivity contribution in [3.8, 4) is 0 Å². The lowest BCUT2D eigenvalue weighted by Crippen LogP contribution is -2.18. The van der Waals surface area contributed by atoms with Crippen LogP contribution in [-0.4, -0.2) is 16.7 Å². The van der Waals surface area contributed by atoms with Crippen LogP contribution >= 0.6 is 0 Å². The highest BCUT2D eigenvalue weighted by Crippen LogP contribution is 2.27. The molecule has 3 aromatic rings. The maximum Gasteiger partial charge on any atom is 0.123 e. The zero-order valence-electron chi connectivity index (χ0n) is 11.5. The predicted molar refractivity (Wildman–Crippen MR) is 77.2 cm³/mol. The molecule has 2 heterocycles. The van der Waals surface area contributed by atoms with Crippen molar-refractivity contribution in [2.45, 2.75) is 13.0 Å². The Morgan fingerprint density at radius 1 is 1.20 bits per heavy atom. The van der Waals surface area contributed by atoms with Gasteiger partial charge in [0.25, 0.3) is 0 Å². The summed E-state index contributed by atoms with van der Waals surface area (Å²) in [6.07, 6.45) is 3.78. The van der Waals surface area contributed by atoms with E-state index in [1.54, 1.807) is 6.07 Å². The molecule has 0 bridgehead atoms. The molecule has 1 atom stereocenters. The summed E-state index contributed by atoms with van der Waals surface area (Å²) < 4.78 is 15.1. The van der Waals surface area contributed by atoms with Gasteiger partial charge in [0.2, 0.25) is 0 Å². The van der Waals surface area contributed by atoms with Gasteiger partial charge < -0.3 is 5.32 Å². The van der Waals surface area contributed by atoms with Gasteiger partial charge in [-0.3, -0.25) is 0 Å². The van der Waals surface area contributed by atoms with Gasteiger partial charge in [0.05, 0.1) is 17.8 Å². The molecular weight excluding hydrogens is 253 g/mol. The summed E-state index contributed by atoms with van der Waals surface area (Å²) in [6.45, 7) is 1.93. The third kappa shape index (κ3) is 2.08. The first-order valence-electron chi connectivity index (χ1n) is 6.56. The zero-order valence-corrected chi connectivity index (χ0v) is 11.5. The SMILES string of the molecule is CNC(c1ccc(F)cc1C)c1cnn2ccccc12. The summed E-state index contributed by atoms with van der Waals surface area (Å²) in [6, 6.07) is 10.9. The van der Waals surface area contributed by atoms with Gasteiger partial charge in [-0.05, 0) is 49.4 Å². The van der Waals surface area contributed by atoms with Gasteiger partial charge in [-0.1, -0.05) is 12.1 Å². The van der Waals surface area contributed by atoms with Crippen molar-refractivity contribution in [1.82, 2.24) is 14.9 Å². The molecule has 0 aliphatic heterocycles. The van der Waals surface area contributed by atoms with Gasteiger partial charge in [-0.15, -0.1) is 0 Å². The Labute approximate surface area is 117 Å². The lowest BCUT2D eigenvalue weighted by molar-refractivity contribution is 0.621. The van der Waals surface area contributed by atoms with Gasteiger partial charge >= 0.3 is 0 Å². The first kappa shape index (κ1) is 12.8. The molecule has 1 N–H and O–H groups in total. The summed E-state index contributed by atoms with van der Waals surface area (Å²) in [4.78, 5) is 0. The molecule has 4 heteroatoms. The third-order valence-electron chi connectivity index (χ3n) is 3.60. The fraction of sp³-hybridized carbons (Fsp3) is 0.188. The van der Waals surface area contributed by atoms with Gasteiger partial charge in [0.1, 0.15) is 5.82 Å². The molecule has 102 valence electrons. The van der Waals surface area contributed by atoms with Crippen LogP contribution in [0.5, 0.6) is 0 Å². The standard InChI is InChI=1S/C16H16FN3/c1-11-9-12(17)6-7-13(11)16(18-2)14-10-19-20-8-4-3-5-15(14)20/h3-10,16,18H,1-2H3. The van der Waals surface area contributed by atoms with Crippen molar-refractivity contribution in [3.05, 3.63) is 71.3 Å².